The first-order valence-corrected chi connectivity index (χ1v) is 7.63. The number of rotatable bonds is 3. The van der Waals surface area contributed by atoms with E-state index in [2.05, 4.69) is 5.32 Å². The number of hydrogen-bond acceptors (Lipinski definition) is 4. The van der Waals surface area contributed by atoms with Crippen LogP contribution in [0.25, 0.3) is 11.0 Å². The van der Waals surface area contributed by atoms with Crippen molar-refractivity contribution in [2.75, 3.05) is 13.2 Å². The van der Waals surface area contributed by atoms with Gasteiger partial charge in [0.05, 0.1) is 0 Å². The molecular weight excluding hydrogens is 322 g/mol. The largest absolute Gasteiger partial charge is 0.480 e. The Kier molecular flexibility index (Phi) is 4.04. The Bertz CT molecular complexity index is 776. The molecule has 1 aliphatic rings. The molecule has 1 aromatic carbocycles. The molecule has 0 radical (unpaired) electrons. The van der Waals surface area contributed by atoms with Crippen molar-refractivity contribution in [2.24, 2.45) is 0 Å². The maximum absolute atomic E-state index is 12.6. The van der Waals surface area contributed by atoms with Gasteiger partial charge in [-0.1, -0.05) is 11.6 Å². The number of aryl methyl sites for hydroxylation is 1. The predicted octanol–water partition coefficient (Wildman–Crippen LogP) is 2.76. The minimum absolute atomic E-state index is 0.106. The quantitative estimate of drug-likeness (QED) is 0.899. The minimum atomic E-state index is -1.32. The molecule has 1 amide bonds. The van der Waals surface area contributed by atoms with Crippen LogP contribution >= 0.6 is 11.6 Å². The van der Waals surface area contributed by atoms with Gasteiger partial charge in [0.15, 0.2) is 5.76 Å². The van der Waals surface area contributed by atoms with E-state index in [-0.39, 0.29) is 18.6 Å². The summed E-state index contributed by atoms with van der Waals surface area (Å²) in [5.41, 5.74) is -0.153. The monoisotopic (exact) mass is 337 g/mol. The van der Waals surface area contributed by atoms with Crippen molar-refractivity contribution in [3.8, 4) is 0 Å². The molecule has 7 heteroatoms. The Morgan fingerprint density at radius 1 is 1.30 bits per heavy atom. The van der Waals surface area contributed by atoms with Crippen molar-refractivity contribution in [1.29, 1.82) is 0 Å². The number of carbonyl (C=O) groups is 2. The maximum Gasteiger partial charge on any atom is 0.329 e. The Morgan fingerprint density at radius 2 is 2.00 bits per heavy atom. The lowest BCUT2D eigenvalue weighted by molar-refractivity contribution is -0.148. The number of furan rings is 1. The van der Waals surface area contributed by atoms with Gasteiger partial charge < -0.3 is 19.6 Å². The lowest BCUT2D eigenvalue weighted by Gasteiger charge is -2.33. The van der Waals surface area contributed by atoms with Gasteiger partial charge in [-0.25, -0.2) is 4.79 Å². The van der Waals surface area contributed by atoms with Crippen LogP contribution in [0.5, 0.6) is 0 Å². The van der Waals surface area contributed by atoms with Gasteiger partial charge >= 0.3 is 5.97 Å². The number of benzene rings is 1. The molecule has 0 aliphatic carbocycles. The first-order valence-electron chi connectivity index (χ1n) is 7.25. The first kappa shape index (κ1) is 15.8. The lowest BCUT2D eigenvalue weighted by Crippen LogP contribution is -2.57. The van der Waals surface area contributed by atoms with Crippen molar-refractivity contribution in [1.82, 2.24) is 5.32 Å². The van der Waals surface area contributed by atoms with Crippen LogP contribution in [0, 0.1) is 6.92 Å². The van der Waals surface area contributed by atoms with Gasteiger partial charge in [-0.15, -0.1) is 0 Å². The second-order valence-corrected chi connectivity index (χ2v) is 6.09. The van der Waals surface area contributed by atoms with E-state index in [4.69, 9.17) is 20.8 Å². The molecule has 23 heavy (non-hydrogen) atoms. The molecule has 0 saturated carbocycles. The Labute approximate surface area is 137 Å². The van der Waals surface area contributed by atoms with Crippen LogP contribution in [0.2, 0.25) is 5.02 Å². The summed E-state index contributed by atoms with van der Waals surface area (Å²) in [6, 6.07) is 5.07. The molecule has 0 spiro atoms. The molecule has 2 N–H and O–H groups in total. The summed E-state index contributed by atoms with van der Waals surface area (Å²) in [5.74, 6) is -1.50. The van der Waals surface area contributed by atoms with Crippen molar-refractivity contribution >= 4 is 34.4 Å². The van der Waals surface area contributed by atoms with Crippen LogP contribution in [0.15, 0.2) is 22.6 Å². The average Bonchev–Trinajstić information content (AvgIpc) is 2.85. The minimum Gasteiger partial charge on any atom is -0.480 e. The zero-order valence-corrected chi connectivity index (χ0v) is 13.3. The molecule has 1 aromatic heterocycles. The molecule has 6 nitrogen and oxygen atoms in total. The van der Waals surface area contributed by atoms with Crippen LogP contribution in [0.3, 0.4) is 0 Å². The smallest absolute Gasteiger partial charge is 0.329 e. The Balaban J connectivity index is 1.94. The van der Waals surface area contributed by atoms with E-state index in [9.17, 15) is 14.7 Å². The van der Waals surface area contributed by atoms with Crippen LogP contribution in [-0.2, 0) is 9.53 Å². The number of fused-ring (bicyclic) bond motifs is 1. The number of nitrogens with one attached hydrogen (secondary N) is 1. The lowest BCUT2D eigenvalue weighted by atomic mass is 9.90. The van der Waals surface area contributed by atoms with Crippen LogP contribution < -0.4 is 5.32 Å². The van der Waals surface area contributed by atoms with Crippen LogP contribution in [-0.4, -0.2) is 35.7 Å². The summed E-state index contributed by atoms with van der Waals surface area (Å²) < 4.78 is 10.8. The Hall–Kier alpha value is -2.05. The molecular formula is C16H16ClNO5. The molecule has 0 unspecified atom stereocenters. The summed E-state index contributed by atoms with van der Waals surface area (Å²) >= 11 is 5.96. The van der Waals surface area contributed by atoms with Crippen LogP contribution in [0.1, 0.15) is 29.0 Å². The van der Waals surface area contributed by atoms with Crippen molar-refractivity contribution < 1.29 is 23.8 Å². The van der Waals surface area contributed by atoms with Gasteiger partial charge in [0.2, 0.25) is 0 Å². The van der Waals surface area contributed by atoms with Crippen molar-refractivity contribution in [2.45, 2.75) is 25.3 Å². The van der Waals surface area contributed by atoms with E-state index in [1.165, 1.54) is 0 Å². The number of ether oxygens (including phenoxy) is 1. The molecule has 0 atom stereocenters. The molecule has 1 aliphatic heterocycles. The zero-order chi connectivity index (χ0) is 16.6. The molecule has 1 fully saturated rings. The summed E-state index contributed by atoms with van der Waals surface area (Å²) in [5, 5.41) is 13.4. The highest BCUT2D eigenvalue weighted by atomic mass is 35.5. The Morgan fingerprint density at radius 3 is 2.65 bits per heavy atom. The van der Waals surface area contributed by atoms with Gasteiger partial charge in [-0.05, 0) is 25.1 Å². The fraction of sp³-hybridized carbons (Fsp3) is 0.375. The van der Waals surface area contributed by atoms with Gasteiger partial charge in [0, 0.05) is 42.0 Å². The number of carboxylic acid groups (broad SMARTS) is 1. The second kappa shape index (κ2) is 5.86. The second-order valence-electron chi connectivity index (χ2n) is 5.65. The molecule has 122 valence electrons. The SMILES string of the molecule is Cc1c(C(=O)NC2(C(=O)O)CCOCC2)oc2ccc(Cl)cc12. The highest BCUT2D eigenvalue weighted by molar-refractivity contribution is 6.31. The number of amides is 1. The molecule has 2 aromatic rings. The zero-order valence-electron chi connectivity index (χ0n) is 12.5. The number of hydrogen-bond donors (Lipinski definition) is 2. The molecule has 2 heterocycles. The third-order valence-electron chi connectivity index (χ3n) is 4.21. The molecule has 1 saturated heterocycles. The van der Waals surface area contributed by atoms with Gasteiger partial charge in [-0.3, -0.25) is 4.79 Å². The normalized spacial score (nSPS) is 17.1. The first-order chi connectivity index (χ1) is 10.9. The fourth-order valence-electron chi connectivity index (χ4n) is 2.80. The number of carbonyl (C=O) groups excluding carboxylic acids is 1. The van der Waals surface area contributed by atoms with E-state index in [1.807, 2.05) is 0 Å². The molecule has 3 rings (SSSR count). The third kappa shape index (κ3) is 2.80. The number of carboxylic acids is 1. The van der Waals surface area contributed by atoms with Gasteiger partial charge in [0.25, 0.3) is 5.91 Å². The van der Waals surface area contributed by atoms with Crippen LogP contribution in [0.4, 0.5) is 0 Å². The van der Waals surface area contributed by atoms with E-state index in [0.717, 1.165) is 5.39 Å². The summed E-state index contributed by atoms with van der Waals surface area (Å²) in [6.07, 6.45) is 0.443. The standard InChI is InChI=1S/C16H16ClNO5/c1-9-11-8-10(17)2-3-12(11)23-13(9)14(19)18-16(15(20)21)4-6-22-7-5-16/h2-3,8H,4-7H2,1H3,(H,18,19)(H,20,21). The van der Waals surface area contributed by atoms with E-state index in [1.54, 1.807) is 25.1 Å². The fourth-order valence-corrected chi connectivity index (χ4v) is 2.97. The highest BCUT2D eigenvalue weighted by Gasteiger charge is 2.42. The van der Waals surface area contributed by atoms with E-state index in [0.29, 0.717) is 29.4 Å². The maximum atomic E-state index is 12.6. The van der Waals surface area contributed by atoms with Gasteiger partial charge in [0.1, 0.15) is 11.1 Å². The summed E-state index contributed by atoms with van der Waals surface area (Å²) in [4.78, 5) is 24.2. The third-order valence-corrected chi connectivity index (χ3v) is 4.45. The summed E-state index contributed by atoms with van der Waals surface area (Å²) in [7, 11) is 0. The number of halogens is 1. The predicted molar refractivity (Wildman–Crippen MR) is 83.8 cm³/mol. The van der Waals surface area contributed by atoms with Crippen molar-refractivity contribution in [3.05, 3.63) is 34.5 Å². The summed E-state index contributed by atoms with van der Waals surface area (Å²) in [6.45, 7) is 2.33. The van der Waals surface area contributed by atoms with E-state index >= 15 is 0 Å². The van der Waals surface area contributed by atoms with E-state index < -0.39 is 17.4 Å². The van der Waals surface area contributed by atoms with Crippen molar-refractivity contribution in [3.63, 3.8) is 0 Å². The molecule has 0 bridgehead atoms. The highest BCUT2D eigenvalue weighted by Crippen LogP contribution is 2.29. The van der Waals surface area contributed by atoms with Gasteiger partial charge in [-0.2, -0.15) is 0 Å². The average molecular weight is 338 g/mol. The number of aliphatic carboxylic acids is 1. The topological polar surface area (TPSA) is 88.8 Å².